The number of nitrogens with one attached hydrogen (secondary N) is 1. The van der Waals surface area contributed by atoms with Crippen molar-refractivity contribution in [1.29, 1.82) is 0 Å². The molecule has 0 unspecified atom stereocenters. The van der Waals surface area contributed by atoms with Crippen LogP contribution in [0.4, 0.5) is 0 Å². The Morgan fingerprint density at radius 3 is 2.46 bits per heavy atom. The van der Waals surface area contributed by atoms with E-state index in [-0.39, 0.29) is 11.9 Å². The molecule has 0 saturated carbocycles. The van der Waals surface area contributed by atoms with Crippen molar-refractivity contribution >= 4 is 17.5 Å². The number of likely N-dealkylation sites (N-methyl/N-ethyl adjacent to an activating group) is 1. The van der Waals surface area contributed by atoms with Crippen LogP contribution in [0, 0.1) is 0 Å². The summed E-state index contributed by atoms with van der Waals surface area (Å²) in [4.78, 5) is 14.3. The first-order chi connectivity index (χ1) is 12.4. The van der Waals surface area contributed by atoms with Crippen LogP contribution in [0.2, 0.25) is 5.02 Å². The van der Waals surface area contributed by atoms with Crippen molar-refractivity contribution in [2.75, 3.05) is 27.8 Å². The first-order valence-electron chi connectivity index (χ1n) is 8.37. The molecule has 0 aromatic heterocycles. The number of hydrogen-bond donors (Lipinski definition) is 1. The quantitative estimate of drug-likeness (QED) is 0.763. The molecule has 0 fully saturated rings. The number of ether oxygens (including phenoxy) is 2. The molecule has 0 aliphatic carbocycles. The lowest BCUT2D eigenvalue weighted by atomic mass is 10.1. The lowest BCUT2D eigenvalue weighted by Crippen LogP contribution is -2.36. The molecule has 0 heterocycles. The van der Waals surface area contributed by atoms with Crippen LogP contribution in [0.15, 0.2) is 42.5 Å². The number of nitrogens with zero attached hydrogens (tertiary/aromatic N) is 1. The molecule has 2 aromatic carbocycles. The fraction of sp³-hybridized carbons (Fsp3) is 0.350. The van der Waals surface area contributed by atoms with Gasteiger partial charge in [-0.3, -0.25) is 9.69 Å². The molecule has 140 valence electrons. The van der Waals surface area contributed by atoms with Crippen LogP contribution in [0.1, 0.15) is 24.1 Å². The highest BCUT2D eigenvalue weighted by Gasteiger charge is 2.16. The Balaban J connectivity index is 1.95. The molecular formula is C20H25ClN2O3. The summed E-state index contributed by atoms with van der Waals surface area (Å²) in [5.74, 6) is 1.38. The Hall–Kier alpha value is -2.24. The Bertz CT molecular complexity index is 734. The second-order valence-corrected chi connectivity index (χ2v) is 6.63. The number of amides is 1. The van der Waals surface area contributed by atoms with Crippen LogP contribution in [0.25, 0.3) is 0 Å². The van der Waals surface area contributed by atoms with E-state index in [0.717, 1.165) is 16.9 Å². The molecule has 2 rings (SSSR count). The van der Waals surface area contributed by atoms with Crippen LogP contribution < -0.4 is 14.8 Å². The molecular weight excluding hydrogens is 352 g/mol. The summed E-state index contributed by atoms with van der Waals surface area (Å²) < 4.78 is 10.7. The highest BCUT2D eigenvalue weighted by atomic mass is 35.5. The molecule has 0 bridgehead atoms. The van der Waals surface area contributed by atoms with Gasteiger partial charge in [0.15, 0.2) is 0 Å². The fourth-order valence-corrected chi connectivity index (χ4v) is 2.87. The van der Waals surface area contributed by atoms with E-state index in [2.05, 4.69) is 5.32 Å². The Labute approximate surface area is 159 Å². The zero-order valence-corrected chi connectivity index (χ0v) is 16.3. The first-order valence-corrected chi connectivity index (χ1v) is 8.75. The van der Waals surface area contributed by atoms with Crippen molar-refractivity contribution in [2.24, 2.45) is 0 Å². The second-order valence-electron chi connectivity index (χ2n) is 6.20. The molecule has 0 spiro atoms. The summed E-state index contributed by atoms with van der Waals surface area (Å²) in [6.45, 7) is 2.88. The summed E-state index contributed by atoms with van der Waals surface area (Å²) in [7, 11) is 5.13. The van der Waals surface area contributed by atoms with Crippen molar-refractivity contribution in [2.45, 2.75) is 19.5 Å². The third kappa shape index (κ3) is 5.64. The predicted molar refractivity (Wildman–Crippen MR) is 104 cm³/mol. The number of methoxy groups -OCH3 is 2. The van der Waals surface area contributed by atoms with E-state index < -0.39 is 0 Å². The maximum atomic E-state index is 12.4. The molecule has 0 radical (unpaired) electrons. The Kier molecular flexibility index (Phi) is 7.30. The highest BCUT2D eigenvalue weighted by Crippen LogP contribution is 2.29. The van der Waals surface area contributed by atoms with E-state index >= 15 is 0 Å². The van der Waals surface area contributed by atoms with Gasteiger partial charge in [0.1, 0.15) is 11.5 Å². The lowest BCUT2D eigenvalue weighted by molar-refractivity contribution is -0.122. The minimum absolute atomic E-state index is 0.0566. The van der Waals surface area contributed by atoms with Crippen molar-refractivity contribution in [3.8, 4) is 11.5 Å². The number of carbonyl (C=O) groups is 1. The normalized spacial score (nSPS) is 11.9. The monoisotopic (exact) mass is 376 g/mol. The van der Waals surface area contributed by atoms with Crippen molar-refractivity contribution in [3.63, 3.8) is 0 Å². The van der Waals surface area contributed by atoms with E-state index in [9.17, 15) is 4.79 Å². The third-order valence-electron chi connectivity index (χ3n) is 4.06. The molecule has 1 amide bonds. The zero-order chi connectivity index (χ0) is 19.1. The van der Waals surface area contributed by atoms with E-state index in [1.165, 1.54) is 0 Å². The van der Waals surface area contributed by atoms with Crippen molar-refractivity contribution in [3.05, 3.63) is 58.6 Å². The van der Waals surface area contributed by atoms with Crippen molar-refractivity contribution in [1.82, 2.24) is 10.2 Å². The van der Waals surface area contributed by atoms with Gasteiger partial charge in [-0.2, -0.15) is 0 Å². The van der Waals surface area contributed by atoms with Crippen LogP contribution in [-0.2, 0) is 11.3 Å². The molecule has 0 aliphatic heterocycles. The van der Waals surface area contributed by atoms with Gasteiger partial charge in [-0.15, -0.1) is 0 Å². The zero-order valence-electron chi connectivity index (χ0n) is 15.6. The van der Waals surface area contributed by atoms with E-state index in [4.69, 9.17) is 21.1 Å². The van der Waals surface area contributed by atoms with E-state index in [0.29, 0.717) is 23.9 Å². The minimum atomic E-state index is -0.198. The SMILES string of the molecule is COc1ccc(OC)c([C@H](C)NC(=O)CN(C)Cc2ccc(Cl)cc2)c1. The van der Waals surface area contributed by atoms with Gasteiger partial charge in [-0.1, -0.05) is 23.7 Å². The number of hydrogen-bond acceptors (Lipinski definition) is 4. The molecule has 1 N–H and O–H groups in total. The van der Waals surface area contributed by atoms with Gasteiger partial charge >= 0.3 is 0 Å². The van der Waals surface area contributed by atoms with Gasteiger partial charge in [0.05, 0.1) is 26.8 Å². The smallest absolute Gasteiger partial charge is 0.234 e. The lowest BCUT2D eigenvalue weighted by Gasteiger charge is -2.21. The maximum Gasteiger partial charge on any atom is 0.234 e. The summed E-state index contributed by atoms with van der Waals surface area (Å²) in [5, 5.41) is 3.71. The number of benzene rings is 2. The molecule has 0 saturated heterocycles. The Morgan fingerprint density at radius 1 is 1.15 bits per heavy atom. The van der Waals surface area contributed by atoms with Crippen LogP contribution in [0.5, 0.6) is 11.5 Å². The van der Waals surface area contributed by atoms with Crippen LogP contribution in [-0.4, -0.2) is 38.6 Å². The number of carbonyl (C=O) groups excluding carboxylic acids is 1. The second kappa shape index (κ2) is 9.46. The standard InChI is InChI=1S/C20H25ClN2O3/c1-14(18-11-17(25-3)9-10-19(18)26-4)22-20(24)13-23(2)12-15-5-7-16(21)8-6-15/h5-11,14H,12-13H2,1-4H3,(H,22,24)/t14-/m0/s1. The van der Waals surface area contributed by atoms with E-state index in [1.807, 2.05) is 61.3 Å². The van der Waals surface area contributed by atoms with Crippen LogP contribution in [0.3, 0.4) is 0 Å². The molecule has 1 atom stereocenters. The summed E-state index contributed by atoms with van der Waals surface area (Å²) in [5.41, 5.74) is 1.98. The molecule has 5 nitrogen and oxygen atoms in total. The highest BCUT2D eigenvalue weighted by molar-refractivity contribution is 6.30. The van der Waals surface area contributed by atoms with E-state index in [1.54, 1.807) is 14.2 Å². The van der Waals surface area contributed by atoms with Gasteiger partial charge in [-0.05, 0) is 49.9 Å². The topological polar surface area (TPSA) is 50.8 Å². The average Bonchev–Trinajstić information content (AvgIpc) is 2.62. The molecule has 6 heteroatoms. The third-order valence-corrected chi connectivity index (χ3v) is 4.31. The number of halogens is 1. The predicted octanol–water partition coefficient (Wildman–Crippen LogP) is 3.67. The minimum Gasteiger partial charge on any atom is -0.497 e. The largest absolute Gasteiger partial charge is 0.497 e. The van der Waals surface area contributed by atoms with Gasteiger partial charge < -0.3 is 14.8 Å². The fourth-order valence-electron chi connectivity index (χ4n) is 2.75. The van der Waals surface area contributed by atoms with Crippen molar-refractivity contribution < 1.29 is 14.3 Å². The average molecular weight is 377 g/mol. The summed E-state index contributed by atoms with van der Waals surface area (Å²) in [6.07, 6.45) is 0. The first kappa shape index (κ1) is 20.1. The Morgan fingerprint density at radius 2 is 1.85 bits per heavy atom. The molecule has 2 aromatic rings. The maximum absolute atomic E-state index is 12.4. The van der Waals surface area contributed by atoms with Gasteiger partial charge in [0.2, 0.25) is 5.91 Å². The summed E-state index contributed by atoms with van der Waals surface area (Å²) >= 11 is 5.90. The molecule has 26 heavy (non-hydrogen) atoms. The summed E-state index contributed by atoms with van der Waals surface area (Å²) in [6, 6.07) is 13.0. The van der Waals surface area contributed by atoms with Gasteiger partial charge in [-0.25, -0.2) is 0 Å². The van der Waals surface area contributed by atoms with Gasteiger partial charge in [0.25, 0.3) is 0 Å². The molecule has 0 aliphatic rings. The number of rotatable bonds is 8. The van der Waals surface area contributed by atoms with Crippen LogP contribution >= 0.6 is 11.6 Å². The van der Waals surface area contributed by atoms with Gasteiger partial charge in [0, 0.05) is 17.1 Å².